The highest BCUT2D eigenvalue weighted by molar-refractivity contribution is 5.90. The maximum Gasteiger partial charge on any atom is 0.407 e. The molecule has 2 bridgehead atoms. The Morgan fingerprint density at radius 3 is 2.26 bits per heavy atom. The van der Waals surface area contributed by atoms with Crippen molar-refractivity contribution < 1.29 is 24.2 Å². The fraction of sp³-hybridized carbons (Fsp3) is 0.444. The summed E-state index contributed by atoms with van der Waals surface area (Å²) in [6, 6.07) is 16.3. The van der Waals surface area contributed by atoms with Crippen LogP contribution < -0.4 is 5.32 Å². The molecule has 2 N–H and O–H groups in total. The minimum Gasteiger partial charge on any atom is -0.479 e. The van der Waals surface area contributed by atoms with Crippen LogP contribution in [0.15, 0.2) is 48.5 Å². The Bertz CT molecular complexity index is 1110. The lowest BCUT2D eigenvalue weighted by Gasteiger charge is -2.42. The first-order valence-electron chi connectivity index (χ1n) is 11.9. The van der Waals surface area contributed by atoms with Crippen molar-refractivity contribution in [1.29, 1.82) is 0 Å². The average Bonchev–Trinajstić information content (AvgIpc) is 3.40. The SMILES string of the molecule is CC(CNC(=O)OCC1c2ccccc2-c2ccccc21)CC(=O)N1CC2(C)CC1(C(=O)O)C2. The van der Waals surface area contributed by atoms with Gasteiger partial charge >= 0.3 is 12.1 Å². The zero-order chi connectivity index (χ0) is 24.1. The van der Waals surface area contributed by atoms with Gasteiger partial charge in [-0.25, -0.2) is 9.59 Å². The predicted octanol–water partition coefficient (Wildman–Crippen LogP) is 4.02. The predicted molar refractivity (Wildman–Crippen MR) is 126 cm³/mol. The number of amides is 2. The molecule has 2 aliphatic carbocycles. The lowest BCUT2D eigenvalue weighted by atomic mass is 9.63. The summed E-state index contributed by atoms with van der Waals surface area (Å²) in [5, 5.41) is 12.4. The summed E-state index contributed by atoms with van der Waals surface area (Å²) in [6.45, 7) is 4.92. The smallest absolute Gasteiger partial charge is 0.407 e. The molecule has 0 spiro atoms. The number of carbonyl (C=O) groups excluding carboxylic acids is 2. The van der Waals surface area contributed by atoms with E-state index in [9.17, 15) is 19.5 Å². The monoisotopic (exact) mass is 462 g/mol. The van der Waals surface area contributed by atoms with E-state index in [4.69, 9.17) is 4.74 Å². The Kier molecular flexibility index (Phi) is 5.38. The van der Waals surface area contributed by atoms with E-state index < -0.39 is 17.6 Å². The lowest BCUT2D eigenvalue weighted by Crippen LogP contribution is -2.56. The summed E-state index contributed by atoms with van der Waals surface area (Å²) < 4.78 is 5.56. The highest BCUT2D eigenvalue weighted by atomic mass is 16.5. The largest absolute Gasteiger partial charge is 0.479 e. The first kappa shape index (κ1) is 22.4. The average molecular weight is 463 g/mol. The van der Waals surface area contributed by atoms with Crippen LogP contribution in [0.2, 0.25) is 0 Å². The fourth-order valence-corrected chi connectivity index (χ4v) is 6.18. The van der Waals surface area contributed by atoms with E-state index in [0.717, 1.165) is 11.1 Å². The van der Waals surface area contributed by atoms with Crippen LogP contribution in [0.25, 0.3) is 11.1 Å². The molecular formula is C27H30N2O5. The van der Waals surface area contributed by atoms with Crippen LogP contribution in [-0.2, 0) is 14.3 Å². The number of hydrogen-bond acceptors (Lipinski definition) is 4. The number of rotatable bonds is 7. The number of nitrogens with zero attached hydrogens (tertiary/aromatic N) is 1. The Morgan fingerprint density at radius 2 is 1.68 bits per heavy atom. The zero-order valence-electron chi connectivity index (χ0n) is 19.5. The summed E-state index contributed by atoms with van der Waals surface area (Å²) in [4.78, 5) is 38.6. The Balaban J connectivity index is 1.13. The third-order valence-electron chi connectivity index (χ3n) is 7.66. The molecule has 1 atom stereocenters. The van der Waals surface area contributed by atoms with Gasteiger partial charge in [0.25, 0.3) is 0 Å². The molecule has 2 saturated heterocycles. The van der Waals surface area contributed by atoms with Gasteiger partial charge in [-0.3, -0.25) is 4.79 Å². The van der Waals surface area contributed by atoms with E-state index in [-0.39, 0.29) is 42.7 Å². The van der Waals surface area contributed by atoms with E-state index in [1.165, 1.54) is 11.1 Å². The van der Waals surface area contributed by atoms with Crippen molar-refractivity contribution in [2.75, 3.05) is 19.7 Å². The molecule has 3 fully saturated rings. The van der Waals surface area contributed by atoms with Crippen molar-refractivity contribution >= 4 is 18.0 Å². The summed E-state index contributed by atoms with van der Waals surface area (Å²) in [5.41, 5.74) is 3.53. The number of carboxylic acid groups (broad SMARTS) is 1. The quantitative estimate of drug-likeness (QED) is 0.648. The molecule has 7 heteroatoms. The zero-order valence-corrected chi connectivity index (χ0v) is 19.5. The summed E-state index contributed by atoms with van der Waals surface area (Å²) in [6.07, 6.45) is 0.717. The van der Waals surface area contributed by atoms with Gasteiger partial charge in [0, 0.05) is 25.4 Å². The van der Waals surface area contributed by atoms with E-state index in [1.54, 1.807) is 4.90 Å². The van der Waals surface area contributed by atoms with Crippen molar-refractivity contribution in [1.82, 2.24) is 10.2 Å². The van der Waals surface area contributed by atoms with E-state index in [2.05, 4.69) is 29.6 Å². The van der Waals surface area contributed by atoms with Crippen LogP contribution in [-0.4, -0.2) is 53.2 Å². The first-order valence-corrected chi connectivity index (χ1v) is 11.9. The molecule has 2 aromatic rings. The molecule has 34 heavy (non-hydrogen) atoms. The molecule has 1 unspecified atom stereocenters. The first-order chi connectivity index (χ1) is 16.2. The fourth-order valence-electron chi connectivity index (χ4n) is 6.18. The normalized spacial score (nSPS) is 25.2. The number of fused-ring (bicyclic) bond motifs is 4. The minimum absolute atomic E-state index is 0.00706. The molecule has 2 amide bonds. The number of hydrogen-bond donors (Lipinski definition) is 2. The minimum atomic E-state index is -1.04. The summed E-state index contributed by atoms with van der Waals surface area (Å²) in [5.74, 6) is -1.22. The topological polar surface area (TPSA) is 95.9 Å². The number of nitrogens with one attached hydrogen (secondary N) is 1. The van der Waals surface area contributed by atoms with Crippen molar-refractivity contribution in [3.05, 3.63) is 59.7 Å². The Labute approximate surface area is 199 Å². The van der Waals surface area contributed by atoms with Gasteiger partial charge in [-0.1, -0.05) is 62.4 Å². The molecule has 178 valence electrons. The van der Waals surface area contributed by atoms with E-state index in [0.29, 0.717) is 19.4 Å². The van der Waals surface area contributed by atoms with Crippen molar-refractivity contribution in [2.45, 2.75) is 44.6 Å². The van der Waals surface area contributed by atoms with Gasteiger partial charge < -0.3 is 20.1 Å². The van der Waals surface area contributed by atoms with Gasteiger partial charge in [0.05, 0.1) is 0 Å². The molecule has 0 aromatic heterocycles. The second-order valence-electron chi connectivity index (χ2n) is 10.5. The third kappa shape index (κ3) is 3.63. The summed E-state index contributed by atoms with van der Waals surface area (Å²) in [7, 11) is 0. The maximum atomic E-state index is 12.8. The second kappa shape index (κ2) is 8.15. The summed E-state index contributed by atoms with van der Waals surface area (Å²) >= 11 is 0. The van der Waals surface area contributed by atoms with Crippen LogP contribution in [0.4, 0.5) is 4.79 Å². The highest BCUT2D eigenvalue weighted by Gasteiger charge is 2.68. The Hall–Kier alpha value is -3.35. The van der Waals surface area contributed by atoms with E-state index >= 15 is 0 Å². The van der Waals surface area contributed by atoms with Crippen LogP contribution in [0.1, 0.15) is 50.2 Å². The molecule has 2 aliphatic heterocycles. The molecule has 0 radical (unpaired) electrons. The van der Waals surface area contributed by atoms with Gasteiger partial charge in [-0.15, -0.1) is 0 Å². The van der Waals surface area contributed by atoms with Gasteiger partial charge in [-0.05, 0) is 46.4 Å². The number of carbonyl (C=O) groups is 3. The van der Waals surface area contributed by atoms with Gasteiger partial charge in [-0.2, -0.15) is 0 Å². The van der Waals surface area contributed by atoms with Gasteiger partial charge in [0.1, 0.15) is 12.1 Å². The maximum absolute atomic E-state index is 12.8. The number of benzene rings is 2. The van der Waals surface area contributed by atoms with E-state index in [1.807, 2.05) is 38.1 Å². The molecule has 4 aliphatic rings. The molecule has 6 rings (SSSR count). The lowest BCUT2D eigenvalue weighted by molar-refractivity contribution is -0.160. The molecule has 1 saturated carbocycles. The van der Waals surface area contributed by atoms with Crippen LogP contribution in [0, 0.1) is 11.3 Å². The van der Waals surface area contributed by atoms with Crippen LogP contribution >= 0.6 is 0 Å². The van der Waals surface area contributed by atoms with Crippen molar-refractivity contribution in [3.63, 3.8) is 0 Å². The van der Waals surface area contributed by atoms with Crippen molar-refractivity contribution in [3.8, 4) is 11.1 Å². The standard InChI is InChI=1S/C27H30N2O5/c1-17(11-23(30)29-16-26(2)14-27(29,15-26)24(31)32)12-28-25(33)34-13-22-20-9-5-3-7-18(20)19-8-4-6-10-21(19)22/h3-10,17,22H,11-16H2,1-2H3,(H,28,33)(H,31,32). The number of carboxylic acids is 1. The van der Waals surface area contributed by atoms with Crippen molar-refractivity contribution in [2.24, 2.45) is 11.3 Å². The van der Waals surface area contributed by atoms with Gasteiger partial charge in [0.15, 0.2) is 0 Å². The number of ether oxygens (including phenoxy) is 1. The highest BCUT2D eigenvalue weighted by Crippen LogP contribution is 2.59. The van der Waals surface area contributed by atoms with Crippen LogP contribution in [0.5, 0.6) is 0 Å². The molecule has 2 heterocycles. The second-order valence-corrected chi connectivity index (χ2v) is 10.5. The Morgan fingerprint density at radius 1 is 1.09 bits per heavy atom. The molecular weight excluding hydrogens is 432 g/mol. The number of aliphatic carboxylic acids is 1. The molecule has 2 aromatic carbocycles. The molecule has 7 nitrogen and oxygen atoms in total. The number of alkyl carbamates (subject to hydrolysis) is 1. The van der Waals surface area contributed by atoms with Crippen LogP contribution in [0.3, 0.4) is 0 Å². The van der Waals surface area contributed by atoms with Gasteiger partial charge in [0.2, 0.25) is 5.91 Å². The third-order valence-corrected chi connectivity index (χ3v) is 7.66.